The molecule has 0 amide bonds. The second kappa shape index (κ2) is 3.91. The first kappa shape index (κ1) is 8.74. The van der Waals surface area contributed by atoms with Gasteiger partial charge in [-0.1, -0.05) is 12.1 Å². The van der Waals surface area contributed by atoms with Crippen LogP contribution in [0.25, 0.3) is 11.5 Å². The van der Waals surface area contributed by atoms with E-state index in [4.69, 9.17) is 9.15 Å². The van der Waals surface area contributed by atoms with Crippen molar-refractivity contribution in [2.45, 2.75) is 6.92 Å². The van der Waals surface area contributed by atoms with Crippen molar-refractivity contribution in [3.8, 4) is 17.2 Å². The first-order valence-electron chi connectivity index (χ1n) is 4.40. The number of para-hydroxylation sites is 1. The van der Waals surface area contributed by atoms with Crippen molar-refractivity contribution in [1.82, 2.24) is 10.2 Å². The topological polar surface area (TPSA) is 48.2 Å². The third-order valence-corrected chi connectivity index (χ3v) is 1.78. The number of ether oxygens (including phenoxy) is 1. The van der Waals surface area contributed by atoms with Crippen LogP contribution in [0.3, 0.4) is 0 Å². The summed E-state index contributed by atoms with van der Waals surface area (Å²) in [7, 11) is 0. The normalized spacial score (nSPS) is 10.1. The largest absolute Gasteiger partial charge is 0.493 e. The lowest BCUT2D eigenvalue weighted by molar-refractivity contribution is 0.340. The Morgan fingerprint density at radius 2 is 2.21 bits per heavy atom. The Bertz CT molecular complexity index is 398. The molecule has 0 unspecified atom stereocenters. The lowest BCUT2D eigenvalue weighted by Gasteiger charge is -2.05. The minimum atomic E-state index is 0.481. The van der Waals surface area contributed by atoms with E-state index in [0.717, 1.165) is 11.3 Å². The molecule has 2 rings (SSSR count). The molecule has 14 heavy (non-hydrogen) atoms. The van der Waals surface area contributed by atoms with Crippen LogP contribution in [-0.2, 0) is 0 Å². The van der Waals surface area contributed by atoms with Crippen molar-refractivity contribution in [3.63, 3.8) is 0 Å². The number of hydrogen-bond donors (Lipinski definition) is 0. The molecular formula is C10H10N2O2. The minimum Gasteiger partial charge on any atom is -0.493 e. The zero-order valence-electron chi connectivity index (χ0n) is 7.80. The van der Waals surface area contributed by atoms with Crippen molar-refractivity contribution in [2.24, 2.45) is 0 Å². The summed E-state index contributed by atoms with van der Waals surface area (Å²) >= 11 is 0. The second-order valence-electron chi connectivity index (χ2n) is 2.67. The molecule has 4 heteroatoms. The van der Waals surface area contributed by atoms with Crippen LogP contribution in [0.15, 0.2) is 35.1 Å². The van der Waals surface area contributed by atoms with Gasteiger partial charge in [0.2, 0.25) is 6.39 Å². The third kappa shape index (κ3) is 1.59. The maximum Gasteiger partial charge on any atom is 0.251 e. The van der Waals surface area contributed by atoms with Gasteiger partial charge in [-0.2, -0.15) is 0 Å². The van der Waals surface area contributed by atoms with Gasteiger partial charge < -0.3 is 9.15 Å². The quantitative estimate of drug-likeness (QED) is 0.743. The SMILES string of the molecule is CCOc1ccccc1-c1nnco1. The van der Waals surface area contributed by atoms with Gasteiger partial charge in [-0.3, -0.25) is 0 Å². The average Bonchev–Trinajstić information content (AvgIpc) is 2.72. The summed E-state index contributed by atoms with van der Waals surface area (Å²) in [4.78, 5) is 0. The number of benzene rings is 1. The van der Waals surface area contributed by atoms with Gasteiger partial charge in [0, 0.05) is 0 Å². The first-order chi connectivity index (χ1) is 6.92. The molecule has 0 fully saturated rings. The molecule has 0 aliphatic rings. The molecule has 0 aliphatic heterocycles. The molecule has 0 radical (unpaired) electrons. The van der Waals surface area contributed by atoms with Crippen LogP contribution in [0.1, 0.15) is 6.92 Å². The highest BCUT2D eigenvalue weighted by Crippen LogP contribution is 2.27. The van der Waals surface area contributed by atoms with Gasteiger partial charge in [0.1, 0.15) is 5.75 Å². The van der Waals surface area contributed by atoms with Gasteiger partial charge in [-0.05, 0) is 19.1 Å². The van der Waals surface area contributed by atoms with Gasteiger partial charge in [0.15, 0.2) is 0 Å². The van der Waals surface area contributed by atoms with Gasteiger partial charge in [-0.15, -0.1) is 10.2 Å². The van der Waals surface area contributed by atoms with Crippen LogP contribution in [0.2, 0.25) is 0 Å². The van der Waals surface area contributed by atoms with E-state index in [2.05, 4.69) is 10.2 Å². The summed E-state index contributed by atoms with van der Waals surface area (Å²) in [5.41, 5.74) is 0.826. The summed E-state index contributed by atoms with van der Waals surface area (Å²) in [6, 6.07) is 7.58. The van der Waals surface area contributed by atoms with E-state index in [-0.39, 0.29) is 0 Å². The Hall–Kier alpha value is -1.84. The molecule has 1 aromatic heterocycles. The predicted molar refractivity (Wildman–Crippen MR) is 50.9 cm³/mol. The van der Waals surface area contributed by atoms with Gasteiger partial charge >= 0.3 is 0 Å². The van der Waals surface area contributed by atoms with E-state index in [1.165, 1.54) is 6.39 Å². The van der Waals surface area contributed by atoms with Crippen LogP contribution >= 0.6 is 0 Å². The standard InChI is InChI=1S/C10H10N2O2/c1-2-13-9-6-4-3-5-8(9)10-12-11-7-14-10/h3-7H,2H2,1H3. The monoisotopic (exact) mass is 190 g/mol. The highest BCUT2D eigenvalue weighted by Gasteiger charge is 2.09. The summed E-state index contributed by atoms with van der Waals surface area (Å²) in [5.74, 6) is 1.24. The van der Waals surface area contributed by atoms with Crippen LogP contribution in [0.5, 0.6) is 5.75 Å². The highest BCUT2D eigenvalue weighted by atomic mass is 16.5. The van der Waals surface area contributed by atoms with Crippen molar-refractivity contribution in [3.05, 3.63) is 30.7 Å². The summed E-state index contributed by atoms with van der Waals surface area (Å²) in [6.45, 7) is 2.55. The smallest absolute Gasteiger partial charge is 0.251 e. The van der Waals surface area contributed by atoms with E-state index in [1.807, 2.05) is 31.2 Å². The molecule has 1 heterocycles. The third-order valence-electron chi connectivity index (χ3n) is 1.78. The molecule has 1 aromatic carbocycles. The number of aromatic nitrogens is 2. The molecule has 0 bridgehead atoms. The molecule has 4 nitrogen and oxygen atoms in total. The maximum absolute atomic E-state index is 5.43. The molecule has 72 valence electrons. The minimum absolute atomic E-state index is 0.481. The van der Waals surface area contributed by atoms with Crippen LogP contribution in [0, 0.1) is 0 Å². The van der Waals surface area contributed by atoms with Crippen LogP contribution in [-0.4, -0.2) is 16.8 Å². The Morgan fingerprint density at radius 1 is 1.36 bits per heavy atom. The lowest BCUT2D eigenvalue weighted by Crippen LogP contribution is -1.93. The van der Waals surface area contributed by atoms with Crippen molar-refractivity contribution < 1.29 is 9.15 Å². The fourth-order valence-electron chi connectivity index (χ4n) is 1.22. The Morgan fingerprint density at radius 3 is 2.93 bits per heavy atom. The maximum atomic E-state index is 5.43. The number of hydrogen-bond acceptors (Lipinski definition) is 4. The van der Waals surface area contributed by atoms with E-state index in [9.17, 15) is 0 Å². The molecule has 0 saturated heterocycles. The molecule has 0 N–H and O–H groups in total. The molecule has 0 aliphatic carbocycles. The van der Waals surface area contributed by atoms with E-state index < -0.39 is 0 Å². The van der Waals surface area contributed by atoms with Crippen LogP contribution < -0.4 is 4.74 Å². The van der Waals surface area contributed by atoms with Crippen molar-refractivity contribution in [2.75, 3.05) is 6.61 Å². The van der Waals surface area contributed by atoms with E-state index >= 15 is 0 Å². The molecule has 0 spiro atoms. The Balaban J connectivity index is 2.42. The van der Waals surface area contributed by atoms with E-state index in [0.29, 0.717) is 12.5 Å². The predicted octanol–water partition coefficient (Wildman–Crippen LogP) is 2.14. The molecule has 2 aromatic rings. The highest BCUT2D eigenvalue weighted by molar-refractivity contribution is 5.61. The average molecular weight is 190 g/mol. The van der Waals surface area contributed by atoms with Crippen molar-refractivity contribution in [1.29, 1.82) is 0 Å². The molecule has 0 atom stereocenters. The van der Waals surface area contributed by atoms with Gasteiger partial charge in [0.25, 0.3) is 5.89 Å². The summed E-state index contributed by atoms with van der Waals surface area (Å²) < 4.78 is 10.5. The zero-order valence-corrected chi connectivity index (χ0v) is 7.80. The summed E-state index contributed by atoms with van der Waals surface area (Å²) in [6.07, 6.45) is 1.30. The lowest BCUT2D eigenvalue weighted by atomic mass is 10.2. The number of nitrogens with zero attached hydrogens (tertiary/aromatic N) is 2. The molecule has 0 saturated carbocycles. The molecular weight excluding hydrogens is 180 g/mol. The fraction of sp³-hybridized carbons (Fsp3) is 0.200. The van der Waals surface area contributed by atoms with Crippen LogP contribution in [0.4, 0.5) is 0 Å². The zero-order chi connectivity index (χ0) is 9.80. The van der Waals surface area contributed by atoms with Crippen molar-refractivity contribution >= 4 is 0 Å². The van der Waals surface area contributed by atoms with E-state index in [1.54, 1.807) is 0 Å². The second-order valence-corrected chi connectivity index (χ2v) is 2.67. The fourth-order valence-corrected chi connectivity index (χ4v) is 1.22. The Kier molecular flexibility index (Phi) is 2.44. The summed E-state index contributed by atoms with van der Waals surface area (Å²) in [5, 5.41) is 7.46. The number of rotatable bonds is 3. The first-order valence-corrected chi connectivity index (χ1v) is 4.40. The Labute approximate surface area is 81.5 Å². The van der Waals surface area contributed by atoms with Gasteiger partial charge in [0.05, 0.1) is 12.2 Å². The van der Waals surface area contributed by atoms with Gasteiger partial charge in [-0.25, -0.2) is 0 Å².